The molecular formula is C17H18N8O. The topological polar surface area (TPSA) is 179 Å². The molecule has 0 aliphatic rings. The molecule has 9 heteroatoms. The van der Waals surface area contributed by atoms with Crippen molar-refractivity contribution in [2.75, 3.05) is 0 Å². The van der Waals surface area contributed by atoms with Crippen molar-refractivity contribution in [2.45, 2.75) is 12.3 Å². The van der Waals surface area contributed by atoms with Gasteiger partial charge in [0.2, 0.25) is 0 Å². The number of benzene rings is 2. The van der Waals surface area contributed by atoms with Gasteiger partial charge in [-0.3, -0.25) is 4.79 Å². The number of hydrogen-bond donors (Lipinski definition) is 6. The summed E-state index contributed by atoms with van der Waals surface area (Å²) in [5, 5.41) is 0. The average molecular weight is 350 g/mol. The van der Waals surface area contributed by atoms with E-state index >= 15 is 0 Å². The Hall–Kier alpha value is -3.11. The van der Waals surface area contributed by atoms with E-state index < -0.39 is 12.3 Å². The first-order valence-corrected chi connectivity index (χ1v) is 7.99. The number of H-pyrrole nitrogens is 2. The van der Waals surface area contributed by atoms with Crippen molar-refractivity contribution in [3.8, 4) is 0 Å². The number of carbonyl (C=O) groups excluding carboxylic acids is 1. The maximum atomic E-state index is 12.7. The smallest absolute Gasteiger partial charge is 0.263 e. The molecule has 9 nitrogen and oxygen atoms in total. The van der Waals surface area contributed by atoms with Crippen LogP contribution in [0.3, 0.4) is 0 Å². The van der Waals surface area contributed by atoms with Crippen LogP contribution in [0.15, 0.2) is 36.4 Å². The van der Waals surface area contributed by atoms with Crippen molar-refractivity contribution in [3.05, 3.63) is 59.2 Å². The maximum Gasteiger partial charge on any atom is 0.263 e. The Balaban J connectivity index is 1.72. The van der Waals surface area contributed by atoms with Crippen LogP contribution in [0.4, 0.5) is 0 Å². The van der Waals surface area contributed by atoms with E-state index in [1.165, 1.54) is 0 Å². The first-order chi connectivity index (χ1) is 12.4. The third-order valence-corrected chi connectivity index (χ3v) is 4.21. The number of rotatable bonds is 4. The number of nitrogens with zero attached hydrogens (tertiary/aromatic N) is 2. The summed E-state index contributed by atoms with van der Waals surface area (Å²) < 4.78 is 0. The molecule has 0 amide bonds. The van der Waals surface area contributed by atoms with Gasteiger partial charge in [-0.15, -0.1) is 0 Å². The molecule has 0 fully saturated rings. The van der Waals surface area contributed by atoms with Crippen molar-refractivity contribution < 1.29 is 4.79 Å². The minimum atomic E-state index is -0.597. The molecule has 0 saturated carbocycles. The number of hydrogen-bond acceptors (Lipinski definition) is 7. The Labute approximate surface area is 147 Å². The number of aromatic nitrogens is 4. The van der Waals surface area contributed by atoms with Gasteiger partial charge in [0.25, 0.3) is 5.78 Å². The van der Waals surface area contributed by atoms with Crippen molar-refractivity contribution >= 4 is 27.9 Å². The largest absolute Gasteiger partial charge is 0.335 e. The van der Waals surface area contributed by atoms with Gasteiger partial charge in [-0.05, 0) is 35.4 Å². The van der Waals surface area contributed by atoms with Gasteiger partial charge < -0.3 is 32.9 Å². The Morgan fingerprint density at radius 3 is 1.58 bits per heavy atom. The zero-order valence-corrected chi connectivity index (χ0v) is 13.7. The molecular weight excluding hydrogens is 332 g/mol. The standard InChI is InChI=1S/C17H18N8O/c18-14(19)7-1-3-9-11(5-7)24-16(22-9)13(26)17-23-10-4-2-8(15(20)21)6-12(10)25-17/h1-6,14-15H,18-21H2,(H,22,24)(H,23,25). The molecule has 132 valence electrons. The average Bonchev–Trinajstić information content (AvgIpc) is 3.23. The van der Waals surface area contributed by atoms with Crippen LogP contribution in [0.2, 0.25) is 0 Å². The van der Waals surface area contributed by atoms with Crippen LogP contribution in [-0.2, 0) is 0 Å². The third kappa shape index (κ3) is 2.74. The highest BCUT2D eigenvalue weighted by molar-refractivity contribution is 6.07. The molecule has 0 unspecified atom stereocenters. The van der Waals surface area contributed by atoms with Crippen molar-refractivity contribution in [1.82, 2.24) is 19.9 Å². The van der Waals surface area contributed by atoms with E-state index in [-0.39, 0.29) is 17.4 Å². The fraction of sp³-hybridized carbons (Fsp3) is 0.118. The second-order valence-corrected chi connectivity index (χ2v) is 6.10. The number of imidazole rings is 2. The van der Waals surface area contributed by atoms with E-state index in [9.17, 15) is 4.79 Å². The summed E-state index contributed by atoms with van der Waals surface area (Å²) in [6, 6.07) is 10.6. The predicted octanol–water partition coefficient (Wildman–Crippen LogP) is 0.502. The number of aromatic amines is 2. The van der Waals surface area contributed by atoms with E-state index in [1.807, 2.05) is 0 Å². The number of nitrogens with two attached hydrogens (primary N) is 4. The third-order valence-electron chi connectivity index (χ3n) is 4.21. The van der Waals surface area contributed by atoms with Crippen molar-refractivity contribution in [1.29, 1.82) is 0 Å². The molecule has 2 aromatic carbocycles. The van der Waals surface area contributed by atoms with Crippen LogP contribution < -0.4 is 22.9 Å². The highest BCUT2D eigenvalue weighted by atomic mass is 16.1. The summed E-state index contributed by atoms with van der Waals surface area (Å²) in [6.07, 6.45) is -1.19. The van der Waals surface area contributed by atoms with Gasteiger partial charge in [0, 0.05) is 0 Å². The van der Waals surface area contributed by atoms with Gasteiger partial charge in [-0.2, -0.15) is 0 Å². The first-order valence-electron chi connectivity index (χ1n) is 7.99. The molecule has 26 heavy (non-hydrogen) atoms. The molecule has 0 aliphatic heterocycles. The lowest BCUT2D eigenvalue weighted by molar-refractivity contribution is 0.102. The molecule has 0 atom stereocenters. The zero-order chi connectivity index (χ0) is 18.4. The SMILES string of the molecule is NC(N)c1ccc2nc(C(=O)c3nc4ccc(C(N)N)cc4[nH]3)[nH]c2c1. The summed E-state index contributed by atoms with van der Waals surface area (Å²) in [6.45, 7) is 0. The van der Waals surface area contributed by atoms with Gasteiger partial charge in [0.1, 0.15) is 0 Å². The molecule has 10 N–H and O–H groups in total. The van der Waals surface area contributed by atoms with Crippen LogP contribution in [-0.4, -0.2) is 25.7 Å². The number of nitrogens with one attached hydrogen (secondary N) is 2. The Morgan fingerprint density at radius 1 is 0.769 bits per heavy atom. The summed E-state index contributed by atoms with van der Waals surface area (Å²) in [5.41, 5.74) is 26.9. The van der Waals surface area contributed by atoms with Crippen LogP contribution in [0.5, 0.6) is 0 Å². The Kier molecular flexibility index (Phi) is 3.78. The molecule has 0 aliphatic carbocycles. The lowest BCUT2D eigenvalue weighted by atomic mass is 10.1. The number of carbonyl (C=O) groups is 1. The van der Waals surface area contributed by atoms with Crippen LogP contribution >= 0.6 is 0 Å². The molecule has 2 heterocycles. The van der Waals surface area contributed by atoms with Gasteiger partial charge in [0.05, 0.1) is 34.4 Å². The normalized spacial score (nSPS) is 11.9. The van der Waals surface area contributed by atoms with E-state index in [0.29, 0.717) is 22.1 Å². The second kappa shape index (κ2) is 6.00. The van der Waals surface area contributed by atoms with E-state index in [2.05, 4.69) is 19.9 Å². The fourth-order valence-corrected chi connectivity index (χ4v) is 2.80. The predicted molar refractivity (Wildman–Crippen MR) is 97.9 cm³/mol. The van der Waals surface area contributed by atoms with E-state index in [0.717, 1.165) is 11.1 Å². The minimum absolute atomic E-state index is 0.178. The molecule has 0 bridgehead atoms. The van der Waals surface area contributed by atoms with E-state index in [4.69, 9.17) is 22.9 Å². The second-order valence-electron chi connectivity index (χ2n) is 6.10. The maximum absolute atomic E-state index is 12.7. The Morgan fingerprint density at radius 2 is 1.19 bits per heavy atom. The van der Waals surface area contributed by atoms with Crippen molar-refractivity contribution in [3.63, 3.8) is 0 Å². The highest BCUT2D eigenvalue weighted by Gasteiger charge is 2.18. The lowest BCUT2D eigenvalue weighted by Gasteiger charge is -2.03. The minimum Gasteiger partial charge on any atom is -0.335 e. The summed E-state index contributed by atoms with van der Waals surface area (Å²) in [4.78, 5) is 27.4. The van der Waals surface area contributed by atoms with Gasteiger partial charge in [0.15, 0.2) is 11.6 Å². The number of ketones is 1. The van der Waals surface area contributed by atoms with E-state index in [1.54, 1.807) is 36.4 Å². The summed E-state index contributed by atoms with van der Waals surface area (Å²) in [5.74, 6) is 0.00434. The summed E-state index contributed by atoms with van der Waals surface area (Å²) in [7, 11) is 0. The fourth-order valence-electron chi connectivity index (χ4n) is 2.80. The molecule has 0 saturated heterocycles. The molecule has 4 aromatic rings. The lowest BCUT2D eigenvalue weighted by Crippen LogP contribution is -2.19. The van der Waals surface area contributed by atoms with Crippen LogP contribution in [0.25, 0.3) is 22.1 Å². The van der Waals surface area contributed by atoms with Crippen molar-refractivity contribution in [2.24, 2.45) is 22.9 Å². The van der Waals surface area contributed by atoms with Crippen LogP contribution in [0, 0.1) is 0 Å². The molecule has 2 aromatic heterocycles. The van der Waals surface area contributed by atoms with Crippen LogP contribution in [0.1, 0.15) is 39.9 Å². The summed E-state index contributed by atoms with van der Waals surface area (Å²) >= 11 is 0. The monoisotopic (exact) mass is 350 g/mol. The highest BCUT2D eigenvalue weighted by Crippen LogP contribution is 2.19. The van der Waals surface area contributed by atoms with Gasteiger partial charge in [-0.25, -0.2) is 9.97 Å². The number of fused-ring (bicyclic) bond motifs is 2. The molecule has 0 radical (unpaired) electrons. The Bertz CT molecular complexity index is 1040. The molecule has 0 spiro atoms. The quantitative estimate of drug-likeness (QED) is 0.229. The molecule has 4 rings (SSSR count). The van der Waals surface area contributed by atoms with Gasteiger partial charge >= 0.3 is 0 Å². The first kappa shape index (κ1) is 16.4. The van der Waals surface area contributed by atoms with Gasteiger partial charge in [-0.1, -0.05) is 12.1 Å². The zero-order valence-electron chi connectivity index (χ0n) is 13.7.